The molecule has 3 heteroatoms. The van der Waals surface area contributed by atoms with Crippen molar-refractivity contribution in [2.24, 2.45) is 7.05 Å². The van der Waals surface area contributed by atoms with Crippen LogP contribution in [0.5, 0.6) is 0 Å². The molecule has 0 atom stereocenters. The summed E-state index contributed by atoms with van der Waals surface area (Å²) in [6.07, 6.45) is 4.89. The van der Waals surface area contributed by atoms with Crippen LogP contribution in [-0.2, 0) is 7.05 Å². The summed E-state index contributed by atoms with van der Waals surface area (Å²) in [6.45, 7) is 4.17. The van der Waals surface area contributed by atoms with Gasteiger partial charge in [-0.15, -0.1) is 0 Å². The molecule has 172 valence electrons. The number of benzene rings is 3. The number of nitrogens with zero attached hydrogens (tertiary/aromatic N) is 2. The Morgan fingerprint density at radius 3 is 2.49 bits per heavy atom. The van der Waals surface area contributed by atoms with Crippen LogP contribution in [0.15, 0.2) is 71.0 Å². The highest BCUT2D eigenvalue weighted by molar-refractivity contribution is 6.13. The molecule has 5 aromatic rings. The minimum atomic E-state index is -0.459. The Morgan fingerprint density at radius 1 is 0.971 bits per heavy atom. The summed E-state index contributed by atoms with van der Waals surface area (Å²) < 4.78 is 50.4. The van der Waals surface area contributed by atoms with E-state index in [9.17, 15) is 5.26 Å². The molecule has 0 aliphatic heterocycles. The van der Waals surface area contributed by atoms with Gasteiger partial charge in [0.25, 0.3) is 0 Å². The van der Waals surface area contributed by atoms with Gasteiger partial charge in [0.15, 0.2) is 5.69 Å². The Kier molecular flexibility index (Phi) is 4.00. The fourth-order valence-corrected chi connectivity index (χ4v) is 5.55. The van der Waals surface area contributed by atoms with Crippen molar-refractivity contribution in [2.45, 2.75) is 45.4 Å². The van der Waals surface area contributed by atoms with E-state index in [0.29, 0.717) is 33.6 Å². The van der Waals surface area contributed by atoms with Crippen LogP contribution < -0.4 is 4.57 Å². The predicted octanol–water partition coefficient (Wildman–Crippen LogP) is 7.89. The highest BCUT2D eigenvalue weighted by atomic mass is 16.3. The Hall–Kier alpha value is -3.90. The summed E-state index contributed by atoms with van der Waals surface area (Å²) in [6, 6.07) is 12.1. The first-order chi connectivity index (χ1) is 19.1. The van der Waals surface area contributed by atoms with Gasteiger partial charge in [-0.1, -0.05) is 55.2 Å². The van der Waals surface area contributed by atoms with Crippen LogP contribution >= 0.6 is 0 Å². The molecule has 35 heavy (non-hydrogen) atoms. The third kappa shape index (κ3) is 3.53. The van der Waals surface area contributed by atoms with Crippen molar-refractivity contribution in [3.63, 3.8) is 0 Å². The molecule has 0 spiro atoms. The van der Waals surface area contributed by atoms with E-state index >= 15 is 0 Å². The molecule has 3 nitrogen and oxygen atoms in total. The maximum absolute atomic E-state index is 9.87. The lowest BCUT2D eigenvalue weighted by atomic mass is 9.93. The fraction of sp³-hybridized carbons (Fsp3) is 0.250. The number of furan rings is 1. The molecule has 6 rings (SSSR count). The van der Waals surface area contributed by atoms with Crippen LogP contribution in [0.2, 0.25) is 0 Å². The monoisotopic (exact) mass is 462 g/mol. The maximum atomic E-state index is 9.87. The molecule has 1 fully saturated rings. The minimum absolute atomic E-state index is 0.0232. The van der Waals surface area contributed by atoms with Gasteiger partial charge in [-0.2, -0.15) is 9.83 Å². The van der Waals surface area contributed by atoms with E-state index in [1.54, 1.807) is 12.1 Å². The number of nitriles is 1. The van der Waals surface area contributed by atoms with Crippen LogP contribution in [0.4, 0.5) is 0 Å². The minimum Gasteiger partial charge on any atom is -0.454 e. The lowest BCUT2D eigenvalue weighted by Gasteiger charge is -2.13. The third-order valence-corrected chi connectivity index (χ3v) is 7.50. The molecule has 0 unspecified atom stereocenters. The number of rotatable bonds is 3. The van der Waals surface area contributed by atoms with Gasteiger partial charge >= 0.3 is 0 Å². The van der Waals surface area contributed by atoms with E-state index in [0.717, 1.165) is 27.9 Å². The van der Waals surface area contributed by atoms with Gasteiger partial charge < -0.3 is 4.42 Å². The van der Waals surface area contributed by atoms with Gasteiger partial charge in [-0.05, 0) is 54.5 Å². The molecule has 2 aromatic heterocycles. The van der Waals surface area contributed by atoms with Gasteiger partial charge in [-0.25, -0.2) is 0 Å². The Labute approximate surface area is 213 Å². The van der Waals surface area contributed by atoms with Gasteiger partial charge in [-0.3, -0.25) is 0 Å². The highest BCUT2D eigenvalue weighted by Gasteiger charge is 2.26. The second-order valence-electron chi connectivity index (χ2n) is 9.60. The third-order valence-electron chi connectivity index (χ3n) is 7.50. The van der Waals surface area contributed by atoms with Gasteiger partial charge in [0.2, 0.25) is 5.69 Å². The number of fused-ring (bicyclic) bond motifs is 3. The Balaban J connectivity index is 1.71. The average molecular weight is 463 g/mol. The van der Waals surface area contributed by atoms with Crippen LogP contribution in [-0.4, -0.2) is 0 Å². The topological polar surface area (TPSA) is 40.8 Å². The van der Waals surface area contributed by atoms with Crippen molar-refractivity contribution in [3.8, 4) is 28.5 Å². The summed E-state index contributed by atoms with van der Waals surface area (Å²) >= 11 is 0. The van der Waals surface area contributed by atoms with Crippen LogP contribution in [0.25, 0.3) is 44.3 Å². The SMILES string of the molecule is [2H]c1c([2H])c([2H])c(-c2cc(C#N)cc3c2oc2c(-c4cc(C5CCCC5)cc(C)[n+]4C)c(C)ccc23)c([2H])c1[2H]. The predicted molar refractivity (Wildman–Crippen MR) is 141 cm³/mol. The number of aromatic nitrogens is 1. The van der Waals surface area contributed by atoms with E-state index < -0.39 is 18.1 Å². The average Bonchev–Trinajstić information content (AvgIpc) is 3.61. The largest absolute Gasteiger partial charge is 0.454 e. The van der Waals surface area contributed by atoms with Gasteiger partial charge in [0.05, 0.1) is 24.0 Å². The second kappa shape index (κ2) is 8.40. The van der Waals surface area contributed by atoms with Crippen molar-refractivity contribution in [1.29, 1.82) is 5.26 Å². The molecular formula is C32H29N2O+. The first kappa shape index (κ1) is 16.7. The molecule has 1 aliphatic carbocycles. The highest BCUT2D eigenvalue weighted by Crippen LogP contribution is 2.42. The molecule has 0 saturated heterocycles. The molecule has 0 bridgehead atoms. The summed E-state index contributed by atoms with van der Waals surface area (Å²) in [5.74, 6) is 0.544. The fourth-order valence-electron chi connectivity index (χ4n) is 5.55. The number of hydrogen-bond donors (Lipinski definition) is 0. The van der Waals surface area contributed by atoms with Crippen LogP contribution in [0.3, 0.4) is 0 Å². The smallest absolute Gasteiger partial charge is 0.216 e. The zero-order chi connectivity index (χ0) is 28.5. The Morgan fingerprint density at radius 2 is 1.74 bits per heavy atom. The van der Waals surface area contributed by atoms with E-state index in [4.69, 9.17) is 11.3 Å². The maximum Gasteiger partial charge on any atom is 0.216 e. The zero-order valence-corrected chi connectivity index (χ0v) is 20.2. The van der Waals surface area contributed by atoms with Crippen molar-refractivity contribution in [1.82, 2.24) is 0 Å². The number of aryl methyl sites for hydroxylation is 2. The summed E-state index contributed by atoms with van der Waals surface area (Å²) in [5, 5.41) is 11.3. The lowest BCUT2D eigenvalue weighted by molar-refractivity contribution is -0.666. The molecule has 0 N–H and O–H groups in total. The van der Waals surface area contributed by atoms with Crippen molar-refractivity contribution >= 4 is 21.9 Å². The summed E-state index contributed by atoms with van der Waals surface area (Å²) in [5.41, 5.74) is 7.21. The number of pyridine rings is 1. The molecule has 1 aliphatic rings. The summed E-state index contributed by atoms with van der Waals surface area (Å²) in [4.78, 5) is 0. The van der Waals surface area contributed by atoms with E-state index in [2.05, 4.69) is 43.7 Å². The van der Waals surface area contributed by atoms with Crippen LogP contribution in [0, 0.1) is 25.2 Å². The molecule has 0 radical (unpaired) electrons. The molecular weight excluding hydrogens is 428 g/mol. The van der Waals surface area contributed by atoms with E-state index in [1.807, 2.05) is 12.1 Å². The number of hydrogen-bond acceptors (Lipinski definition) is 2. The molecule has 2 heterocycles. The normalized spacial score (nSPS) is 16.1. The standard InChI is InChI=1S/C32H29N2O/c1-20-13-14-26-28-17-22(19-33)16-27(24-11-5-4-6-12-24)31(28)35-32(26)30(20)29-18-25(15-21(2)34(29)3)23-9-7-8-10-23/h4-6,11-18,23H,7-10H2,1-3H3/q+1/i4D,5D,6D,11D,12D. The van der Waals surface area contributed by atoms with Crippen molar-refractivity contribution < 1.29 is 15.8 Å². The molecule has 1 saturated carbocycles. The van der Waals surface area contributed by atoms with Gasteiger partial charge in [0.1, 0.15) is 18.2 Å². The summed E-state index contributed by atoms with van der Waals surface area (Å²) in [7, 11) is 2.05. The van der Waals surface area contributed by atoms with E-state index in [-0.39, 0.29) is 17.6 Å². The molecule has 3 aromatic carbocycles. The Bertz CT molecular complexity index is 1880. The van der Waals surface area contributed by atoms with E-state index in [1.165, 1.54) is 31.2 Å². The molecule has 0 amide bonds. The zero-order valence-electron chi connectivity index (χ0n) is 25.2. The quantitative estimate of drug-likeness (QED) is 0.256. The van der Waals surface area contributed by atoms with Gasteiger partial charge in [0, 0.05) is 35.4 Å². The first-order valence-electron chi connectivity index (χ1n) is 14.6. The lowest BCUT2D eigenvalue weighted by Crippen LogP contribution is -2.35. The van der Waals surface area contributed by atoms with Crippen molar-refractivity contribution in [3.05, 3.63) is 89.0 Å². The first-order valence-corrected chi connectivity index (χ1v) is 12.1. The second-order valence-corrected chi connectivity index (χ2v) is 9.60. The van der Waals surface area contributed by atoms with Crippen LogP contribution in [0.1, 0.15) is 60.8 Å². The van der Waals surface area contributed by atoms with Crippen molar-refractivity contribution in [2.75, 3.05) is 0 Å².